The number of allylic oxidation sites excluding steroid dienone is 1. The van der Waals surface area contributed by atoms with Crippen LogP contribution in [0.5, 0.6) is 0 Å². The fraction of sp³-hybridized carbons (Fsp3) is 0.750. The summed E-state index contributed by atoms with van der Waals surface area (Å²) in [7, 11) is 0. The normalized spacial score (nSPS) is 39.5. The molecule has 0 bridgehead atoms. The van der Waals surface area contributed by atoms with Gasteiger partial charge < -0.3 is 9.84 Å². The number of aliphatic hydroxyl groups is 1. The van der Waals surface area contributed by atoms with Crippen LogP contribution in [0.15, 0.2) is 11.6 Å². The summed E-state index contributed by atoms with van der Waals surface area (Å²) in [5.41, 5.74) is 0.158. The Hall–Kier alpha value is -1.16. The largest absolute Gasteiger partial charge is 0.462 e. The van der Waals surface area contributed by atoms with Crippen LogP contribution in [0, 0.1) is 16.7 Å². The van der Waals surface area contributed by atoms with E-state index in [0.717, 1.165) is 19.1 Å². The summed E-state index contributed by atoms with van der Waals surface area (Å²) in [6, 6.07) is 0. The maximum atomic E-state index is 11.3. The van der Waals surface area contributed by atoms with Gasteiger partial charge in [-0.2, -0.15) is 0 Å². The molecular formula is C16H24O4. The Balaban J connectivity index is 2.34. The second-order valence-electron chi connectivity index (χ2n) is 7.03. The molecular weight excluding hydrogens is 256 g/mol. The van der Waals surface area contributed by atoms with Gasteiger partial charge in [0, 0.05) is 17.9 Å². The minimum Gasteiger partial charge on any atom is -0.462 e. The van der Waals surface area contributed by atoms with Crippen LogP contribution in [0.2, 0.25) is 0 Å². The second-order valence-corrected chi connectivity index (χ2v) is 7.03. The molecule has 0 aromatic heterocycles. The van der Waals surface area contributed by atoms with Gasteiger partial charge in [0.1, 0.15) is 12.4 Å². The number of carbonyl (C=O) groups is 2. The van der Waals surface area contributed by atoms with Crippen molar-refractivity contribution in [2.75, 3.05) is 0 Å². The molecule has 0 amide bonds. The van der Waals surface area contributed by atoms with Crippen LogP contribution >= 0.6 is 0 Å². The zero-order valence-electron chi connectivity index (χ0n) is 12.7. The van der Waals surface area contributed by atoms with Gasteiger partial charge in [-0.25, -0.2) is 0 Å². The standard InChI is InChI=1S/C16H24O4/c1-10(18)20-14-5-6-16(4)8-11(9-17)12(19)7-13(16)15(14,2)3/h8-9,12-14,19H,5-7H2,1-4H3. The first kappa shape index (κ1) is 15.2. The van der Waals surface area contributed by atoms with E-state index in [1.54, 1.807) is 0 Å². The van der Waals surface area contributed by atoms with Crippen LogP contribution in [0.1, 0.15) is 47.0 Å². The van der Waals surface area contributed by atoms with E-state index in [-0.39, 0.29) is 28.8 Å². The molecule has 0 aromatic rings. The molecule has 0 aliphatic heterocycles. The molecule has 2 aliphatic rings. The Morgan fingerprint density at radius 1 is 1.45 bits per heavy atom. The third-order valence-electron chi connectivity index (χ3n) is 5.25. The van der Waals surface area contributed by atoms with E-state index in [0.29, 0.717) is 12.0 Å². The van der Waals surface area contributed by atoms with Crippen LogP contribution in [0.4, 0.5) is 0 Å². The number of ether oxygens (including phenoxy) is 1. The third kappa shape index (κ3) is 2.41. The highest BCUT2D eigenvalue weighted by Crippen LogP contribution is 2.57. The Labute approximate surface area is 120 Å². The van der Waals surface area contributed by atoms with E-state index in [1.165, 1.54) is 6.92 Å². The summed E-state index contributed by atoms with van der Waals surface area (Å²) in [5, 5.41) is 10.1. The Morgan fingerprint density at radius 3 is 2.65 bits per heavy atom. The van der Waals surface area contributed by atoms with Crippen molar-refractivity contribution in [3.8, 4) is 0 Å². The van der Waals surface area contributed by atoms with Gasteiger partial charge in [0.25, 0.3) is 0 Å². The first-order chi connectivity index (χ1) is 9.20. The number of fused-ring (bicyclic) bond motifs is 1. The third-order valence-corrected chi connectivity index (χ3v) is 5.25. The minimum absolute atomic E-state index is 0.115. The molecule has 4 heteroatoms. The highest BCUT2D eigenvalue weighted by atomic mass is 16.5. The summed E-state index contributed by atoms with van der Waals surface area (Å²) >= 11 is 0. The van der Waals surface area contributed by atoms with Crippen molar-refractivity contribution in [3.05, 3.63) is 11.6 Å². The predicted octanol–water partition coefficient (Wildman–Crippen LogP) is 2.25. The number of esters is 1. The average Bonchev–Trinajstić information content (AvgIpc) is 2.35. The van der Waals surface area contributed by atoms with Crippen LogP contribution in [-0.4, -0.2) is 29.6 Å². The van der Waals surface area contributed by atoms with E-state index >= 15 is 0 Å². The lowest BCUT2D eigenvalue weighted by atomic mass is 9.51. The molecule has 4 atom stereocenters. The first-order valence-corrected chi connectivity index (χ1v) is 7.24. The lowest BCUT2D eigenvalue weighted by Gasteiger charge is -2.55. The van der Waals surface area contributed by atoms with Crippen molar-refractivity contribution >= 4 is 12.3 Å². The summed E-state index contributed by atoms with van der Waals surface area (Å²) in [5.74, 6) is -0.0704. The average molecular weight is 280 g/mol. The fourth-order valence-electron chi connectivity index (χ4n) is 4.17. The summed E-state index contributed by atoms with van der Waals surface area (Å²) in [4.78, 5) is 22.3. The Kier molecular flexibility index (Phi) is 3.80. The van der Waals surface area contributed by atoms with Crippen LogP contribution in [-0.2, 0) is 14.3 Å². The van der Waals surface area contributed by atoms with Crippen LogP contribution < -0.4 is 0 Å². The second kappa shape index (κ2) is 4.99. The molecule has 0 heterocycles. The molecule has 4 nitrogen and oxygen atoms in total. The molecule has 0 saturated heterocycles. The van der Waals surface area contributed by atoms with Crippen LogP contribution in [0.25, 0.3) is 0 Å². The highest BCUT2D eigenvalue weighted by Gasteiger charge is 2.54. The maximum Gasteiger partial charge on any atom is 0.302 e. The van der Waals surface area contributed by atoms with E-state index in [4.69, 9.17) is 4.74 Å². The van der Waals surface area contributed by atoms with Gasteiger partial charge >= 0.3 is 5.97 Å². The molecule has 0 spiro atoms. The quantitative estimate of drug-likeness (QED) is 0.622. The van der Waals surface area contributed by atoms with Gasteiger partial charge in [0.15, 0.2) is 0 Å². The van der Waals surface area contributed by atoms with E-state index in [2.05, 4.69) is 20.8 Å². The highest BCUT2D eigenvalue weighted by molar-refractivity contribution is 5.75. The number of aliphatic hydroxyl groups excluding tert-OH is 1. The molecule has 20 heavy (non-hydrogen) atoms. The SMILES string of the molecule is CC(=O)OC1CCC2(C)C=C(C=O)C(O)CC2C1(C)C. The summed E-state index contributed by atoms with van der Waals surface area (Å²) in [6.45, 7) is 7.76. The van der Waals surface area contributed by atoms with Gasteiger partial charge in [0.05, 0.1) is 6.10 Å². The van der Waals surface area contributed by atoms with Crippen molar-refractivity contribution < 1.29 is 19.4 Å². The zero-order valence-corrected chi connectivity index (χ0v) is 12.7. The molecule has 4 unspecified atom stereocenters. The topological polar surface area (TPSA) is 63.6 Å². The van der Waals surface area contributed by atoms with E-state index in [1.807, 2.05) is 6.08 Å². The molecule has 0 aromatic carbocycles. The van der Waals surface area contributed by atoms with Gasteiger partial charge in [-0.05, 0) is 30.6 Å². The zero-order chi connectivity index (χ0) is 15.1. The van der Waals surface area contributed by atoms with Crippen molar-refractivity contribution in [2.45, 2.75) is 59.2 Å². The van der Waals surface area contributed by atoms with Crippen molar-refractivity contribution in [2.24, 2.45) is 16.7 Å². The number of hydrogen-bond acceptors (Lipinski definition) is 4. The monoisotopic (exact) mass is 280 g/mol. The molecule has 1 fully saturated rings. The Morgan fingerprint density at radius 2 is 2.10 bits per heavy atom. The fourth-order valence-corrected chi connectivity index (χ4v) is 4.17. The maximum absolute atomic E-state index is 11.3. The molecule has 2 rings (SSSR count). The lowest BCUT2D eigenvalue weighted by Crippen LogP contribution is -2.53. The van der Waals surface area contributed by atoms with Gasteiger partial charge in [0.2, 0.25) is 0 Å². The summed E-state index contributed by atoms with van der Waals surface area (Å²) in [6.07, 6.45) is 4.06. The van der Waals surface area contributed by atoms with Crippen molar-refractivity contribution in [1.29, 1.82) is 0 Å². The van der Waals surface area contributed by atoms with Crippen molar-refractivity contribution in [3.63, 3.8) is 0 Å². The van der Waals surface area contributed by atoms with Gasteiger partial charge in [-0.15, -0.1) is 0 Å². The molecule has 0 radical (unpaired) electrons. The predicted molar refractivity (Wildman–Crippen MR) is 74.9 cm³/mol. The lowest BCUT2D eigenvalue weighted by molar-refractivity contribution is -0.167. The molecule has 1 N–H and O–H groups in total. The number of aldehydes is 1. The smallest absolute Gasteiger partial charge is 0.302 e. The van der Waals surface area contributed by atoms with Gasteiger partial charge in [-0.3, -0.25) is 9.59 Å². The molecule has 1 saturated carbocycles. The summed E-state index contributed by atoms with van der Waals surface area (Å²) < 4.78 is 5.48. The van der Waals surface area contributed by atoms with E-state index < -0.39 is 6.10 Å². The minimum atomic E-state index is -0.707. The number of carbonyl (C=O) groups excluding carboxylic acids is 2. The number of rotatable bonds is 2. The molecule has 112 valence electrons. The Bertz CT molecular complexity index is 451. The van der Waals surface area contributed by atoms with Crippen molar-refractivity contribution in [1.82, 2.24) is 0 Å². The first-order valence-electron chi connectivity index (χ1n) is 7.24. The van der Waals surface area contributed by atoms with Gasteiger partial charge in [-0.1, -0.05) is 26.8 Å². The van der Waals surface area contributed by atoms with Crippen LogP contribution in [0.3, 0.4) is 0 Å². The van der Waals surface area contributed by atoms with E-state index in [9.17, 15) is 14.7 Å². The number of hydrogen-bond donors (Lipinski definition) is 1. The molecule has 2 aliphatic carbocycles.